The van der Waals surface area contributed by atoms with Crippen molar-refractivity contribution in [3.05, 3.63) is 23.8 Å². The van der Waals surface area contributed by atoms with E-state index < -0.39 is 42.7 Å². The van der Waals surface area contributed by atoms with Gasteiger partial charge in [-0.1, -0.05) is 33.8 Å². The SMILES string of the molecule is CCOC(=O)O[C@@H](C)[C@H](C)OC(=O)[C@@H](N)Cc1ccc(OC(=O)OCC(C)C)c(OC(=O)OCC(C)C)c1. The molecule has 38 heavy (non-hydrogen) atoms. The second-order valence-electron chi connectivity index (χ2n) is 9.35. The van der Waals surface area contributed by atoms with Crippen molar-refractivity contribution < 1.29 is 52.3 Å². The molecule has 1 aromatic rings. The van der Waals surface area contributed by atoms with E-state index in [0.717, 1.165) is 0 Å². The normalized spacial score (nSPS) is 13.2. The van der Waals surface area contributed by atoms with Crippen LogP contribution in [0.2, 0.25) is 0 Å². The van der Waals surface area contributed by atoms with Gasteiger partial charge in [0.1, 0.15) is 18.2 Å². The molecule has 0 heterocycles. The lowest BCUT2D eigenvalue weighted by molar-refractivity contribution is -0.155. The fourth-order valence-electron chi connectivity index (χ4n) is 2.65. The monoisotopic (exact) mass is 541 g/mol. The first-order chi connectivity index (χ1) is 17.8. The topological polar surface area (TPSA) is 159 Å². The minimum Gasteiger partial charge on any atom is -0.458 e. The van der Waals surface area contributed by atoms with Crippen LogP contribution < -0.4 is 15.2 Å². The molecule has 0 aliphatic heterocycles. The van der Waals surface area contributed by atoms with Crippen LogP contribution in [-0.4, -0.2) is 62.5 Å². The predicted octanol–water partition coefficient (Wildman–Crippen LogP) is 4.39. The highest BCUT2D eigenvalue weighted by atomic mass is 16.7. The van der Waals surface area contributed by atoms with Crippen LogP contribution in [0.1, 0.15) is 54.0 Å². The van der Waals surface area contributed by atoms with Crippen LogP contribution in [0.15, 0.2) is 18.2 Å². The summed E-state index contributed by atoms with van der Waals surface area (Å²) in [5.74, 6) is -0.780. The van der Waals surface area contributed by atoms with Crippen molar-refractivity contribution in [2.24, 2.45) is 17.6 Å². The van der Waals surface area contributed by atoms with Gasteiger partial charge in [0.2, 0.25) is 0 Å². The van der Waals surface area contributed by atoms with Gasteiger partial charge in [-0.05, 0) is 56.7 Å². The average molecular weight is 542 g/mol. The van der Waals surface area contributed by atoms with Crippen LogP contribution in [-0.2, 0) is 34.9 Å². The van der Waals surface area contributed by atoms with Gasteiger partial charge >= 0.3 is 24.4 Å². The Labute approximate surface area is 223 Å². The highest BCUT2D eigenvalue weighted by Gasteiger charge is 2.25. The molecule has 12 heteroatoms. The largest absolute Gasteiger partial charge is 0.513 e. The van der Waals surface area contributed by atoms with E-state index in [0.29, 0.717) is 5.56 Å². The van der Waals surface area contributed by atoms with Gasteiger partial charge in [-0.3, -0.25) is 4.79 Å². The van der Waals surface area contributed by atoms with Gasteiger partial charge in [-0.15, -0.1) is 0 Å². The van der Waals surface area contributed by atoms with E-state index in [1.54, 1.807) is 26.8 Å². The van der Waals surface area contributed by atoms with Crippen molar-refractivity contribution >= 4 is 24.4 Å². The molecule has 0 saturated heterocycles. The van der Waals surface area contributed by atoms with Gasteiger partial charge in [-0.25, -0.2) is 14.4 Å². The minimum atomic E-state index is -1.10. The number of ether oxygens (including phenoxy) is 7. The summed E-state index contributed by atoms with van der Waals surface area (Å²) in [5.41, 5.74) is 6.50. The summed E-state index contributed by atoms with van der Waals surface area (Å²) < 4.78 is 35.5. The van der Waals surface area contributed by atoms with E-state index in [2.05, 4.69) is 0 Å². The summed E-state index contributed by atoms with van der Waals surface area (Å²) >= 11 is 0. The summed E-state index contributed by atoms with van der Waals surface area (Å²) in [4.78, 5) is 48.2. The molecule has 12 nitrogen and oxygen atoms in total. The third kappa shape index (κ3) is 12.6. The summed E-state index contributed by atoms with van der Waals surface area (Å²) in [6, 6.07) is 3.22. The van der Waals surface area contributed by atoms with Gasteiger partial charge in [0.15, 0.2) is 11.5 Å². The summed E-state index contributed by atoms with van der Waals surface area (Å²) in [6.07, 6.45) is -4.41. The van der Waals surface area contributed by atoms with E-state index in [1.807, 2.05) is 27.7 Å². The lowest BCUT2D eigenvalue weighted by Gasteiger charge is -2.22. The third-order valence-corrected chi connectivity index (χ3v) is 4.73. The Bertz CT molecular complexity index is 932. The molecule has 1 aromatic carbocycles. The Kier molecular flexibility index (Phi) is 14.0. The van der Waals surface area contributed by atoms with Crippen molar-refractivity contribution in [2.75, 3.05) is 19.8 Å². The zero-order chi connectivity index (χ0) is 28.8. The Hall–Kier alpha value is -3.54. The number of esters is 1. The molecule has 0 spiro atoms. The maximum Gasteiger partial charge on any atom is 0.513 e. The number of carbonyl (C=O) groups is 4. The molecule has 0 fully saturated rings. The highest BCUT2D eigenvalue weighted by Crippen LogP contribution is 2.30. The molecular formula is C26H39NO11. The van der Waals surface area contributed by atoms with Crippen molar-refractivity contribution in [1.82, 2.24) is 0 Å². The van der Waals surface area contributed by atoms with E-state index in [1.165, 1.54) is 12.1 Å². The van der Waals surface area contributed by atoms with Crippen LogP contribution in [0, 0.1) is 11.8 Å². The molecule has 0 unspecified atom stereocenters. The summed E-state index contributed by atoms with van der Waals surface area (Å²) in [5, 5.41) is 0. The lowest BCUT2D eigenvalue weighted by Crippen LogP contribution is -2.39. The first-order valence-electron chi connectivity index (χ1n) is 12.4. The Balaban J connectivity index is 2.93. The summed E-state index contributed by atoms with van der Waals surface area (Å²) in [7, 11) is 0. The van der Waals surface area contributed by atoms with E-state index >= 15 is 0 Å². The summed E-state index contributed by atoms with van der Waals surface area (Å²) in [6.45, 7) is 12.6. The second kappa shape index (κ2) is 16.3. The van der Waals surface area contributed by atoms with Crippen LogP contribution in [0.5, 0.6) is 11.5 Å². The first kappa shape index (κ1) is 32.5. The molecule has 1 rings (SSSR count). The van der Waals surface area contributed by atoms with E-state index in [-0.39, 0.29) is 49.6 Å². The lowest BCUT2D eigenvalue weighted by atomic mass is 10.1. The second-order valence-corrected chi connectivity index (χ2v) is 9.35. The molecule has 2 N–H and O–H groups in total. The van der Waals surface area contributed by atoms with E-state index in [4.69, 9.17) is 38.9 Å². The molecule has 214 valence electrons. The number of benzene rings is 1. The van der Waals surface area contributed by atoms with Gasteiger partial charge in [0.05, 0.1) is 19.8 Å². The number of rotatable bonds is 13. The highest BCUT2D eigenvalue weighted by molar-refractivity contribution is 5.76. The number of hydrogen-bond donors (Lipinski definition) is 1. The van der Waals surface area contributed by atoms with Gasteiger partial charge < -0.3 is 38.9 Å². The Morgan fingerprint density at radius 3 is 1.79 bits per heavy atom. The molecular weight excluding hydrogens is 502 g/mol. The van der Waals surface area contributed by atoms with Gasteiger partial charge in [0.25, 0.3) is 0 Å². The maximum atomic E-state index is 12.5. The third-order valence-electron chi connectivity index (χ3n) is 4.73. The number of carbonyl (C=O) groups excluding carboxylic acids is 4. The van der Waals surface area contributed by atoms with Gasteiger partial charge in [0, 0.05) is 0 Å². The van der Waals surface area contributed by atoms with Crippen molar-refractivity contribution in [1.29, 1.82) is 0 Å². The zero-order valence-corrected chi connectivity index (χ0v) is 23.0. The molecule has 0 aliphatic rings. The standard InChI is InChI=1S/C26H39NO11/c1-8-32-24(29)36-18(7)17(6)35-23(28)20(27)11-19-9-10-21(37-25(30)33-13-15(2)3)22(12-19)38-26(31)34-14-16(4)5/h9-10,12,15-18,20H,8,11,13-14,27H2,1-7H3/t17-,18-,20-/m0/s1. The van der Waals surface area contributed by atoms with Crippen molar-refractivity contribution in [3.8, 4) is 11.5 Å². The van der Waals surface area contributed by atoms with Gasteiger partial charge in [-0.2, -0.15) is 0 Å². The predicted molar refractivity (Wildman–Crippen MR) is 135 cm³/mol. The molecule has 0 bridgehead atoms. The smallest absolute Gasteiger partial charge is 0.458 e. The molecule has 3 atom stereocenters. The Morgan fingerprint density at radius 2 is 1.26 bits per heavy atom. The fraction of sp³-hybridized carbons (Fsp3) is 0.615. The van der Waals surface area contributed by atoms with Crippen LogP contribution in [0.3, 0.4) is 0 Å². The van der Waals surface area contributed by atoms with E-state index in [9.17, 15) is 19.2 Å². The van der Waals surface area contributed by atoms with Crippen LogP contribution in [0.4, 0.5) is 14.4 Å². The first-order valence-corrected chi connectivity index (χ1v) is 12.4. The minimum absolute atomic E-state index is 0.00581. The molecule has 0 aromatic heterocycles. The van der Waals surface area contributed by atoms with Crippen LogP contribution in [0.25, 0.3) is 0 Å². The number of nitrogens with two attached hydrogens (primary N) is 1. The number of hydrogen-bond acceptors (Lipinski definition) is 12. The molecule has 0 radical (unpaired) electrons. The Morgan fingerprint density at radius 1 is 0.737 bits per heavy atom. The van der Waals surface area contributed by atoms with Crippen molar-refractivity contribution in [2.45, 2.75) is 73.1 Å². The van der Waals surface area contributed by atoms with Crippen molar-refractivity contribution in [3.63, 3.8) is 0 Å². The molecule has 0 aliphatic carbocycles. The molecule has 0 saturated carbocycles. The molecule has 0 amide bonds. The quantitative estimate of drug-likeness (QED) is 0.213. The average Bonchev–Trinajstić information content (AvgIpc) is 2.82. The fourth-order valence-corrected chi connectivity index (χ4v) is 2.65. The maximum absolute atomic E-state index is 12.5. The zero-order valence-electron chi connectivity index (χ0n) is 23.0. The van der Waals surface area contributed by atoms with Crippen LogP contribution >= 0.6 is 0 Å².